The Morgan fingerprint density at radius 3 is 2.26 bits per heavy atom. The maximum absolute atomic E-state index is 12.8. The maximum atomic E-state index is 12.8. The normalized spacial score (nSPS) is 25.3. The average molecular weight is 303 g/mol. The molecule has 0 aromatic heterocycles. The fourth-order valence-corrected chi connectivity index (χ4v) is 3.92. The van der Waals surface area contributed by atoms with Crippen LogP contribution in [0.5, 0.6) is 0 Å². The Labute approximate surface area is 137 Å². The van der Waals surface area contributed by atoms with Gasteiger partial charge in [0.1, 0.15) is 0 Å². The summed E-state index contributed by atoms with van der Waals surface area (Å²) in [7, 11) is 0. The van der Waals surface area contributed by atoms with Gasteiger partial charge in [-0.2, -0.15) is 0 Å². The van der Waals surface area contributed by atoms with E-state index in [1.54, 1.807) is 0 Å². The monoisotopic (exact) mass is 303 g/mol. The number of likely N-dealkylation sites (tertiary alicyclic amines) is 1. The molecule has 0 amide bonds. The molecule has 4 rings (SSSR count). The summed E-state index contributed by atoms with van der Waals surface area (Å²) in [6.45, 7) is 4.08. The van der Waals surface area contributed by atoms with Crippen LogP contribution in [0.25, 0.3) is 5.57 Å². The Kier molecular flexibility index (Phi) is 3.62. The molecule has 1 aliphatic carbocycles. The molecule has 0 N–H and O–H groups in total. The van der Waals surface area contributed by atoms with Crippen LogP contribution in [-0.2, 0) is 4.79 Å². The maximum Gasteiger partial charge on any atom is 0.168 e. The van der Waals surface area contributed by atoms with Gasteiger partial charge in [-0.1, -0.05) is 66.7 Å². The van der Waals surface area contributed by atoms with Crippen LogP contribution in [0.3, 0.4) is 0 Å². The number of rotatable bonds is 3. The van der Waals surface area contributed by atoms with Gasteiger partial charge in [0.15, 0.2) is 5.78 Å². The topological polar surface area (TPSA) is 20.3 Å². The molecule has 23 heavy (non-hydrogen) atoms. The molecule has 1 saturated heterocycles. The number of nitrogens with zero attached hydrogens (tertiary/aromatic N) is 1. The molecule has 2 nitrogen and oxygen atoms in total. The number of hydrogen-bond donors (Lipinski definition) is 0. The van der Waals surface area contributed by atoms with Crippen molar-refractivity contribution < 1.29 is 4.79 Å². The fraction of sp³-hybridized carbons (Fsp3) is 0.286. The number of hydrogen-bond acceptors (Lipinski definition) is 2. The molecule has 2 aliphatic rings. The van der Waals surface area contributed by atoms with Gasteiger partial charge in [0, 0.05) is 36.5 Å². The lowest BCUT2D eigenvalue weighted by Crippen LogP contribution is -2.26. The first-order valence-corrected chi connectivity index (χ1v) is 8.34. The first kappa shape index (κ1) is 14.4. The Bertz CT molecular complexity index is 735. The number of ketones is 1. The van der Waals surface area contributed by atoms with E-state index in [1.807, 2.05) is 36.4 Å². The Morgan fingerprint density at radius 2 is 1.61 bits per heavy atom. The number of Topliss-reactive ketones (excluding diaryl/α,β-unsaturated/α-hetero) is 1. The van der Waals surface area contributed by atoms with E-state index in [1.165, 1.54) is 5.56 Å². The Hall–Kier alpha value is -2.19. The van der Waals surface area contributed by atoms with Gasteiger partial charge < -0.3 is 0 Å². The SMILES string of the molecule is C[C@@H](c1ccccc1)N1C[C@@H]2C=C(c3ccccc3)C(=O)[C@@H]2C1. The Morgan fingerprint density at radius 1 is 0.957 bits per heavy atom. The van der Waals surface area contributed by atoms with Crippen molar-refractivity contribution in [3.05, 3.63) is 77.9 Å². The minimum absolute atomic E-state index is 0.136. The standard InChI is InChI=1S/C21H21NO/c1-15(16-8-4-2-5-9-16)22-13-18-12-19(21(23)20(18)14-22)17-10-6-3-7-11-17/h2-12,15,18,20H,13-14H2,1H3/t15-,18-,20+/m0/s1. The molecule has 0 saturated carbocycles. The summed E-state index contributed by atoms with van der Waals surface area (Å²) >= 11 is 0. The highest BCUT2D eigenvalue weighted by molar-refractivity contribution is 6.24. The van der Waals surface area contributed by atoms with Gasteiger partial charge in [-0.15, -0.1) is 0 Å². The largest absolute Gasteiger partial charge is 0.295 e. The molecule has 1 heterocycles. The minimum atomic E-state index is 0.136. The molecule has 2 aromatic rings. The highest BCUT2D eigenvalue weighted by Crippen LogP contribution is 2.40. The van der Waals surface area contributed by atoms with E-state index >= 15 is 0 Å². The van der Waals surface area contributed by atoms with E-state index in [0.29, 0.717) is 17.7 Å². The molecule has 0 spiro atoms. The summed E-state index contributed by atoms with van der Waals surface area (Å²) in [6.07, 6.45) is 2.21. The average Bonchev–Trinajstić information content (AvgIpc) is 3.16. The molecular weight excluding hydrogens is 282 g/mol. The summed E-state index contributed by atoms with van der Waals surface area (Å²) in [6, 6.07) is 21.0. The van der Waals surface area contributed by atoms with Gasteiger partial charge in [0.05, 0.1) is 0 Å². The molecule has 2 aromatic carbocycles. The van der Waals surface area contributed by atoms with Crippen molar-refractivity contribution in [1.29, 1.82) is 0 Å². The molecule has 0 radical (unpaired) electrons. The fourth-order valence-electron chi connectivity index (χ4n) is 3.92. The summed E-state index contributed by atoms with van der Waals surface area (Å²) in [4.78, 5) is 15.2. The number of carbonyl (C=O) groups is 1. The van der Waals surface area contributed by atoms with Crippen LogP contribution in [-0.4, -0.2) is 23.8 Å². The van der Waals surface area contributed by atoms with Gasteiger partial charge in [0.2, 0.25) is 0 Å². The van der Waals surface area contributed by atoms with E-state index in [9.17, 15) is 4.79 Å². The quantitative estimate of drug-likeness (QED) is 0.855. The lowest BCUT2D eigenvalue weighted by molar-refractivity contribution is -0.116. The van der Waals surface area contributed by atoms with Crippen LogP contribution in [0.15, 0.2) is 66.7 Å². The number of fused-ring (bicyclic) bond motifs is 1. The van der Waals surface area contributed by atoms with Crippen molar-refractivity contribution in [2.45, 2.75) is 13.0 Å². The third kappa shape index (κ3) is 2.53. The van der Waals surface area contributed by atoms with E-state index in [0.717, 1.165) is 24.2 Å². The zero-order chi connectivity index (χ0) is 15.8. The smallest absolute Gasteiger partial charge is 0.168 e. The molecule has 116 valence electrons. The summed E-state index contributed by atoms with van der Waals surface area (Å²) in [5.41, 5.74) is 3.31. The summed E-state index contributed by atoms with van der Waals surface area (Å²) < 4.78 is 0. The van der Waals surface area contributed by atoms with Crippen molar-refractivity contribution in [2.24, 2.45) is 11.8 Å². The van der Waals surface area contributed by atoms with Crippen LogP contribution >= 0.6 is 0 Å². The summed E-state index contributed by atoms with van der Waals surface area (Å²) in [5.74, 6) is 0.823. The molecule has 3 atom stereocenters. The second-order valence-corrected chi connectivity index (χ2v) is 6.62. The first-order chi connectivity index (χ1) is 11.2. The molecule has 1 fully saturated rings. The lowest BCUT2D eigenvalue weighted by Gasteiger charge is -2.25. The predicted octanol–water partition coefficient (Wildman–Crippen LogP) is 3.96. The number of carbonyl (C=O) groups excluding carboxylic acids is 1. The van der Waals surface area contributed by atoms with Crippen molar-refractivity contribution in [3.8, 4) is 0 Å². The number of allylic oxidation sites excluding steroid dienone is 1. The molecule has 2 heteroatoms. The second kappa shape index (κ2) is 5.78. The lowest BCUT2D eigenvalue weighted by atomic mass is 9.97. The van der Waals surface area contributed by atoms with Crippen molar-refractivity contribution in [2.75, 3.05) is 13.1 Å². The van der Waals surface area contributed by atoms with Crippen LogP contribution in [0.2, 0.25) is 0 Å². The highest BCUT2D eigenvalue weighted by Gasteiger charge is 2.43. The van der Waals surface area contributed by atoms with Gasteiger partial charge in [-0.3, -0.25) is 9.69 Å². The van der Waals surface area contributed by atoms with Crippen molar-refractivity contribution >= 4 is 11.4 Å². The zero-order valence-electron chi connectivity index (χ0n) is 13.4. The molecule has 0 bridgehead atoms. The first-order valence-electron chi connectivity index (χ1n) is 8.34. The van der Waals surface area contributed by atoms with Crippen LogP contribution in [0.4, 0.5) is 0 Å². The minimum Gasteiger partial charge on any atom is -0.295 e. The highest BCUT2D eigenvalue weighted by atomic mass is 16.1. The molecular formula is C21H21NO. The van der Waals surface area contributed by atoms with Crippen LogP contribution < -0.4 is 0 Å². The summed E-state index contributed by atoms with van der Waals surface area (Å²) in [5, 5.41) is 0. The molecule has 0 unspecified atom stereocenters. The Balaban J connectivity index is 1.54. The van der Waals surface area contributed by atoms with Gasteiger partial charge in [-0.25, -0.2) is 0 Å². The van der Waals surface area contributed by atoms with Gasteiger partial charge >= 0.3 is 0 Å². The van der Waals surface area contributed by atoms with Crippen molar-refractivity contribution in [3.63, 3.8) is 0 Å². The van der Waals surface area contributed by atoms with E-state index < -0.39 is 0 Å². The predicted molar refractivity (Wildman–Crippen MR) is 92.8 cm³/mol. The third-order valence-electron chi connectivity index (χ3n) is 5.29. The molecule has 1 aliphatic heterocycles. The van der Waals surface area contributed by atoms with E-state index in [4.69, 9.17) is 0 Å². The third-order valence-corrected chi connectivity index (χ3v) is 5.29. The second-order valence-electron chi connectivity index (χ2n) is 6.62. The van der Waals surface area contributed by atoms with Crippen molar-refractivity contribution in [1.82, 2.24) is 4.90 Å². The van der Waals surface area contributed by atoms with Gasteiger partial charge in [-0.05, 0) is 18.1 Å². The van der Waals surface area contributed by atoms with Gasteiger partial charge in [0.25, 0.3) is 0 Å². The van der Waals surface area contributed by atoms with Crippen LogP contribution in [0.1, 0.15) is 24.1 Å². The zero-order valence-corrected chi connectivity index (χ0v) is 13.4. The van der Waals surface area contributed by atoms with E-state index in [2.05, 4.69) is 42.2 Å². The van der Waals surface area contributed by atoms with E-state index in [-0.39, 0.29) is 5.92 Å². The van der Waals surface area contributed by atoms with Crippen LogP contribution in [0, 0.1) is 11.8 Å². The number of benzene rings is 2.